The highest BCUT2D eigenvalue weighted by Crippen LogP contribution is 2.18. The van der Waals surface area contributed by atoms with Gasteiger partial charge in [-0.2, -0.15) is 5.10 Å². The van der Waals surface area contributed by atoms with Gasteiger partial charge in [-0.05, 0) is 30.7 Å². The van der Waals surface area contributed by atoms with E-state index in [0.717, 1.165) is 5.56 Å². The molecule has 0 spiro atoms. The van der Waals surface area contributed by atoms with Crippen LogP contribution in [-0.4, -0.2) is 33.5 Å². The van der Waals surface area contributed by atoms with Crippen LogP contribution in [0.5, 0.6) is 0 Å². The van der Waals surface area contributed by atoms with Crippen LogP contribution in [0.15, 0.2) is 24.3 Å². The molecule has 0 aliphatic heterocycles. The van der Waals surface area contributed by atoms with Gasteiger partial charge in [-0.1, -0.05) is 20.8 Å². The van der Waals surface area contributed by atoms with Gasteiger partial charge in [-0.15, -0.1) is 12.4 Å². The Morgan fingerprint density at radius 2 is 1.85 bits per heavy atom. The summed E-state index contributed by atoms with van der Waals surface area (Å²) in [4.78, 5) is 28.0. The molecule has 2 amide bonds. The molecule has 0 unspecified atom stereocenters. The van der Waals surface area contributed by atoms with Gasteiger partial charge in [-0.3, -0.25) is 14.7 Å². The van der Waals surface area contributed by atoms with Gasteiger partial charge in [0.15, 0.2) is 5.82 Å². The molecule has 0 aliphatic rings. The molecule has 1 aromatic carbocycles. The molecule has 0 fully saturated rings. The maximum absolute atomic E-state index is 12.0. The number of nitrogens with two attached hydrogens (primary N) is 1. The smallest absolute Gasteiger partial charge is 0.225 e. The first-order valence-electron chi connectivity index (χ1n) is 8.59. The molecule has 0 radical (unpaired) electrons. The molecule has 0 aliphatic carbocycles. The first-order valence-corrected chi connectivity index (χ1v) is 8.59. The molecule has 0 atom stereocenters. The zero-order valence-corrected chi connectivity index (χ0v) is 16.7. The molecular formula is C18H27ClN6O2. The molecule has 0 bridgehead atoms. The van der Waals surface area contributed by atoms with E-state index in [1.54, 1.807) is 12.1 Å². The normalized spacial score (nSPS) is 10.8. The number of halogens is 1. The van der Waals surface area contributed by atoms with Crippen LogP contribution in [0.1, 0.15) is 39.4 Å². The van der Waals surface area contributed by atoms with Crippen molar-refractivity contribution in [3.8, 4) is 11.4 Å². The second kappa shape index (κ2) is 10.0. The predicted octanol–water partition coefficient (Wildman–Crippen LogP) is 2.23. The fraction of sp³-hybridized carbons (Fsp3) is 0.444. The Labute approximate surface area is 165 Å². The number of nitrogens with zero attached hydrogens (tertiary/aromatic N) is 2. The van der Waals surface area contributed by atoms with Crippen LogP contribution in [-0.2, 0) is 16.1 Å². The lowest BCUT2D eigenvalue weighted by Gasteiger charge is -2.17. The van der Waals surface area contributed by atoms with Crippen LogP contribution in [0, 0.1) is 5.41 Å². The fourth-order valence-electron chi connectivity index (χ4n) is 2.16. The monoisotopic (exact) mass is 394 g/mol. The van der Waals surface area contributed by atoms with Gasteiger partial charge in [0.1, 0.15) is 5.82 Å². The topological polar surface area (TPSA) is 126 Å². The van der Waals surface area contributed by atoms with Crippen molar-refractivity contribution in [2.45, 2.75) is 40.2 Å². The second-order valence-electron chi connectivity index (χ2n) is 7.04. The Morgan fingerprint density at radius 1 is 1.19 bits per heavy atom. The summed E-state index contributed by atoms with van der Waals surface area (Å²) in [5.74, 6) is 1.08. The summed E-state index contributed by atoms with van der Waals surface area (Å²) in [5.41, 5.74) is 6.62. The Bertz CT molecular complexity index is 752. The number of carbonyl (C=O) groups excluding carboxylic acids is 2. The van der Waals surface area contributed by atoms with Crippen LogP contribution >= 0.6 is 12.4 Å². The average Bonchev–Trinajstić information content (AvgIpc) is 3.07. The highest BCUT2D eigenvalue weighted by molar-refractivity contribution is 5.91. The van der Waals surface area contributed by atoms with Crippen molar-refractivity contribution >= 4 is 29.9 Å². The fourth-order valence-corrected chi connectivity index (χ4v) is 2.16. The van der Waals surface area contributed by atoms with Crippen LogP contribution in [0.25, 0.3) is 11.4 Å². The number of H-pyrrole nitrogens is 1. The molecule has 8 nitrogen and oxygen atoms in total. The van der Waals surface area contributed by atoms with E-state index in [0.29, 0.717) is 43.3 Å². The van der Waals surface area contributed by atoms with Crippen LogP contribution < -0.4 is 16.4 Å². The van der Waals surface area contributed by atoms with E-state index in [9.17, 15) is 9.59 Å². The van der Waals surface area contributed by atoms with Gasteiger partial charge in [0.2, 0.25) is 11.8 Å². The molecule has 2 aromatic rings. The third-order valence-electron chi connectivity index (χ3n) is 3.70. The first-order chi connectivity index (χ1) is 12.3. The number of aromatic amines is 1. The van der Waals surface area contributed by atoms with E-state index < -0.39 is 5.41 Å². The first kappa shape index (κ1) is 22.6. The van der Waals surface area contributed by atoms with Gasteiger partial charge < -0.3 is 16.4 Å². The standard InChI is InChI=1S/C18H26N6O2.ClH/c1-18(2,3)17(26)20-10-4-5-15(25)21-13-8-6-12(7-9-13)16-22-14(11-19)23-24-16;/h6-9H,4-5,10-11,19H2,1-3H3,(H,20,26)(H,21,25)(H,22,23,24);1H. The number of hydrogen-bond acceptors (Lipinski definition) is 5. The Hall–Kier alpha value is -2.45. The summed E-state index contributed by atoms with van der Waals surface area (Å²) in [6.45, 7) is 6.35. The molecule has 148 valence electrons. The molecule has 2 rings (SSSR count). The van der Waals surface area contributed by atoms with Gasteiger partial charge in [0.25, 0.3) is 0 Å². The largest absolute Gasteiger partial charge is 0.356 e. The lowest BCUT2D eigenvalue weighted by atomic mass is 9.96. The van der Waals surface area contributed by atoms with Crippen LogP contribution in [0.2, 0.25) is 0 Å². The number of aromatic nitrogens is 3. The van der Waals surface area contributed by atoms with E-state index in [4.69, 9.17) is 5.73 Å². The number of hydrogen-bond donors (Lipinski definition) is 4. The number of rotatable bonds is 7. The molecular weight excluding hydrogens is 368 g/mol. The Kier molecular flexibility index (Phi) is 8.39. The maximum Gasteiger partial charge on any atom is 0.225 e. The molecule has 0 saturated heterocycles. The molecule has 1 heterocycles. The van der Waals surface area contributed by atoms with E-state index >= 15 is 0 Å². The minimum absolute atomic E-state index is 0. The van der Waals surface area contributed by atoms with E-state index in [1.165, 1.54) is 0 Å². The van der Waals surface area contributed by atoms with Crippen molar-refractivity contribution < 1.29 is 9.59 Å². The van der Waals surface area contributed by atoms with Gasteiger partial charge in [-0.25, -0.2) is 4.98 Å². The minimum atomic E-state index is -0.419. The van der Waals surface area contributed by atoms with Crippen molar-refractivity contribution in [3.63, 3.8) is 0 Å². The Balaban J connectivity index is 0.00000364. The molecule has 0 saturated carbocycles. The summed E-state index contributed by atoms with van der Waals surface area (Å²) in [6.07, 6.45) is 0.928. The van der Waals surface area contributed by atoms with E-state index in [-0.39, 0.29) is 24.2 Å². The van der Waals surface area contributed by atoms with Crippen molar-refractivity contribution in [2.24, 2.45) is 11.1 Å². The Morgan fingerprint density at radius 3 is 2.41 bits per heavy atom. The zero-order valence-electron chi connectivity index (χ0n) is 15.8. The summed E-state index contributed by atoms with van der Waals surface area (Å²) in [5, 5.41) is 12.5. The summed E-state index contributed by atoms with van der Waals surface area (Å²) >= 11 is 0. The van der Waals surface area contributed by atoms with Crippen LogP contribution in [0.4, 0.5) is 5.69 Å². The average molecular weight is 395 g/mol. The van der Waals surface area contributed by atoms with E-state index in [1.807, 2.05) is 32.9 Å². The van der Waals surface area contributed by atoms with E-state index in [2.05, 4.69) is 25.8 Å². The predicted molar refractivity (Wildman–Crippen MR) is 107 cm³/mol. The van der Waals surface area contributed by atoms with Crippen LogP contribution in [0.3, 0.4) is 0 Å². The molecule has 5 N–H and O–H groups in total. The third kappa shape index (κ3) is 6.99. The quantitative estimate of drug-likeness (QED) is 0.536. The lowest BCUT2D eigenvalue weighted by molar-refractivity contribution is -0.128. The number of amides is 2. The van der Waals surface area contributed by atoms with Gasteiger partial charge >= 0.3 is 0 Å². The molecule has 1 aromatic heterocycles. The highest BCUT2D eigenvalue weighted by atomic mass is 35.5. The van der Waals surface area contributed by atoms with Crippen molar-refractivity contribution in [1.29, 1.82) is 0 Å². The molecule has 9 heteroatoms. The number of nitrogens with one attached hydrogen (secondary N) is 3. The maximum atomic E-state index is 12.0. The van der Waals surface area contributed by atoms with Crippen molar-refractivity contribution in [3.05, 3.63) is 30.1 Å². The number of anilines is 1. The second-order valence-corrected chi connectivity index (χ2v) is 7.04. The summed E-state index contributed by atoms with van der Waals surface area (Å²) in [7, 11) is 0. The summed E-state index contributed by atoms with van der Waals surface area (Å²) < 4.78 is 0. The molecule has 27 heavy (non-hydrogen) atoms. The highest BCUT2D eigenvalue weighted by Gasteiger charge is 2.20. The van der Waals surface area contributed by atoms with Gasteiger partial charge in [0, 0.05) is 29.6 Å². The van der Waals surface area contributed by atoms with Gasteiger partial charge in [0.05, 0.1) is 6.54 Å². The number of carbonyl (C=O) groups is 2. The minimum Gasteiger partial charge on any atom is -0.356 e. The third-order valence-corrected chi connectivity index (χ3v) is 3.70. The zero-order chi connectivity index (χ0) is 19.2. The van der Waals surface area contributed by atoms with Crippen molar-refractivity contribution in [2.75, 3.05) is 11.9 Å². The SMILES string of the molecule is CC(C)(C)C(=O)NCCCC(=O)Nc1ccc(-c2n[nH]c(CN)n2)cc1.Cl. The van der Waals surface area contributed by atoms with Crippen molar-refractivity contribution in [1.82, 2.24) is 20.5 Å². The summed E-state index contributed by atoms with van der Waals surface area (Å²) in [6, 6.07) is 7.27. The number of benzene rings is 1. The lowest BCUT2D eigenvalue weighted by Crippen LogP contribution is -2.35.